The maximum atomic E-state index is 11.4. The number of carbonyl (C=O) groups is 2. The summed E-state index contributed by atoms with van der Waals surface area (Å²) in [6.07, 6.45) is 1.87. The number of rotatable bonds is 5. The van der Waals surface area contributed by atoms with E-state index in [4.69, 9.17) is 5.26 Å². The summed E-state index contributed by atoms with van der Waals surface area (Å²) >= 11 is 0. The van der Waals surface area contributed by atoms with Crippen molar-refractivity contribution in [3.05, 3.63) is 11.8 Å². The van der Waals surface area contributed by atoms with Gasteiger partial charge < -0.3 is 14.8 Å². The van der Waals surface area contributed by atoms with Gasteiger partial charge in [0.05, 0.1) is 20.3 Å². The van der Waals surface area contributed by atoms with Crippen LogP contribution < -0.4 is 5.32 Å². The third-order valence-electron chi connectivity index (χ3n) is 2.16. The normalized spacial score (nSPS) is 11.7. The van der Waals surface area contributed by atoms with Crippen molar-refractivity contribution >= 4 is 11.9 Å². The van der Waals surface area contributed by atoms with E-state index in [0.717, 1.165) is 0 Å². The lowest BCUT2D eigenvalue weighted by Crippen LogP contribution is -2.42. The Hall–Kier alpha value is -2.03. The molecule has 0 rings (SSSR count). The number of methoxy groups -OCH3 is 2. The zero-order valence-corrected chi connectivity index (χ0v) is 11.9. The first-order valence-electron chi connectivity index (χ1n) is 5.76. The van der Waals surface area contributed by atoms with Crippen LogP contribution in [0.25, 0.3) is 0 Å². The van der Waals surface area contributed by atoms with Crippen LogP contribution in [0.15, 0.2) is 11.8 Å². The Balaban J connectivity index is 4.90. The number of hydrogen-bond donors (Lipinski definition) is 1. The predicted molar refractivity (Wildman–Crippen MR) is 68.7 cm³/mol. The standard InChI is InChI=1S/C13H20N2O4/c1-13(2,3)6-9(7-14)8-15-10(11(16)18-4)12(17)19-5/h8,10,15H,6H2,1-5H3/b9-8-. The van der Waals surface area contributed by atoms with Gasteiger partial charge in [0.15, 0.2) is 0 Å². The molecule has 0 aromatic rings. The van der Waals surface area contributed by atoms with Gasteiger partial charge in [0.25, 0.3) is 0 Å². The van der Waals surface area contributed by atoms with Crippen molar-refractivity contribution < 1.29 is 19.1 Å². The fourth-order valence-corrected chi connectivity index (χ4v) is 1.35. The Bertz CT molecular complexity index is 386. The second kappa shape index (κ2) is 7.41. The Morgan fingerprint density at radius 2 is 1.74 bits per heavy atom. The van der Waals surface area contributed by atoms with Crippen molar-refractivity contribution in [3.63, 3.8) is 0 Å². The number of carbonyl (C=O) groups excluding carboxylic acids is 2. The molecule has 0 aliphatic rings. The molecule has 19 heavy (non-hydrogen) atoms. The van der Waals surface area contributed by atoms with Gasteiger partial charge in [-0.2, -0.15) is 5.26 Å². The molecule has 0 radical (unpaired) electrons. The van der Waals surface area contributed by atoms with E-state index in [2.05, 4.69) is 14.8 Å². The van der Waals surface area contributed by atoms with Gasteiger partial charge in [0.1, 0.15) is 0 Å². The molecule has 0 saturated heterocycles. The van der Waals surface area contributed by atoms with Crippen molar-refractivity contribution in [3.8, 4) is 6.07 Å². The van der Waals surface area contributed by atoms with Gasteiger partial charge in [-0.1, -0.05) is 20.8 Å². The molecule has 0 saturated carbocycles. The summed E-state index contributed by atoms with van der Waals surface area (Å²) in [4.78, 5) is 22.8. The number of nitriles is 1. The van der Waals surface area contributed by atoms with Crippen molar-refractivity contribution in [1.29, 1.82) is 5.26 Å². The molecule has 6 nitrogen and oxygen atoms in total. The Labute approximate surface area is 113 Å². The average molecular weight is 268 g/mol. The minimum atomic E-state index is -1.27. The van der Waals surface area contributed by atoms with E-state index in [0.29, 0.717) is 12.0 Å². The molecule has 0 spiro atoms. The molecule has 0 amide bonds. The third kappa shape index (κ3) is 6.46. The molecule has 0 atom stereocenters. The lowest BCUT2D eigenvalue weighted by atomic mass is 9.89. The Kier molecular flexibility index (Phi) is 6.62. The molecule has 0 bridgehead atoms. The largest absolute Gasteiger partial charge is 0.467 e. The summed E-state index contributed by atoms with van der Waals surface area (Å²) in [5.74, 6) is -1.53. The molecule has 0 aromatic carbocycles. The molecule has 6 heteroatoms. The average Bonchev–Trinajstić information content (AvgIpc) is 2.35. The highest BCUT2D eigenvalue weighted by atomic mass is 16.5. The highest BCUT2D eigenvalue weighted by molar-refractivity contribution is 5.99. The van der Waals surface area contributed by atoms with Gasteiger partial charge >= 0.3 is 11.9 Å². The number of allylic oxidation sites excluding steroid dienone is 1. The molecule has 0 aromatic heterocycles. The first kappa shape index (κ1) is 17.0. The van der Waals surface area contributed by atoms with Crippen LogP contribution in [0.5, 0.6) is 0 Å². The minimum absolute atomic E-state index is 0.0741. The number of nitrogens with zero attached hydrogens (tertiary/aromatic N) is 1. The van der Waals surface area contributed by atoms with Crippen LogP contribution in [0.1, 0.15) is 27.2 Å². The van der Waals surface area contributed by atoms with Gasteiger partial charge in [0.2, 0.25) is 6.04 Å². The highest BCUT2D eigenvalue weighted by Crippen LogP contribution is 2.23. The Morgan fingerprint density at radius 3 is 2.05 bits per heavy atom. The number of ether oxygens (including phenoxy) is 2. The summed E-state index contributed by atoms with van der Waals surface area (Å²) in [7, 11) is 2.34. The second-order valence-corrected chi connectivity index (χ2v) is 5.16. The summed E-state index contributed by atoms with van der Waals surface area (Å²) in [6.45, 7) is 5.95. The summed E-state index contributed by atoms with van der Waals surface area (Å²) in [5.41, 5.74) is 0.361. The van der Waals surface area contributed by atoms with Gasteiger partial charge in [-0.15, -0.1) is 0 Å². The summed E-state index contributed by atoms with van der Waals surface area (Å²) in [6, 6.07) is 0.757. The first-order chi connectivity index (χ1) is 8.75. The van der Waals surface area contributed by atoms with Gasteiger partial charge in [-0.3, -0.25) is 0 Å². The summed E-state index contributed by atoms with van der Waals surface area (Å²) in [5, 5.41) is 11.6. The van der Waals surface area contributed by atoms with Crippen molar-refractivity contribution in [1.82, 2.24) is 5.32 Å². The lowest BCUT2D eigenvalue weighted by molar-refractivity contribution is -0.154. The van der Waals surface area contributed by atoms with Gasteiger partial charge in [0, 0.05) is 11.8 Å². The molecule has 0 aliphatic carbocycles. The van der Waals surface area contributed by atoms with Crippen LogP contribution in [-0.4, -0.2) is 32.2 Å². The summed E-state index contributed by atoms with van der Waals surface area (Å²) < 4.78 is 8.98. The van der Waals surface area contributed by atoms with Gasteiger partial charge in [-0.05, 0) is 11.8 Å². The van der Waals surface area contributed by atoms with Crippen molar-refractivity contribution in [2.24, 2.45) is 5.41 Å². The van der Waals surface area contributed by atoms with E-state index >= 15 is 0 Å². The second-order valence-electron chi connectivity index (χ2n) is 5.16. The fourth-order valence-electron chi connectivity index (χ4n) is 1.35. The van der Waals surface area contributed by atoms with E-state index in [-0.39, 0.29) is 5.41 Å². The molecule has 0 aliphatic heterocycles. The molecular weight excluding hydrogens is 248 g/mol. The number of esters is 2. The monoisotopic (exact) mass is 268 g/mol. The zero-order valence-electron chi connectivity index (χ0n) is 11.9. The van der Waals surface area contributed by atoms with Crippen LogP contribution >= 0.6 is 0 Å². The van der Waals surface area contributed by atoms with Crippen molar-refractivity contribution in [2.75, 3.05) is 14.2 Å². The topological polar surface area (TPSA) is 88.4 Å². The highest BCUT2D eigenvalue weighted by Gasteiger charge is 2.27. The molecule has 106 valence electrons. The minimum Gasteiger partial charge on any atom is -0.467 e. The molecule has 0 unspecified atom stereocenters. The molecular formula is C13H20N2O4. The number of hydrogen-bond acceptors (Lipinski definition) is 6. The van der Waals surface area contributed by atoms with Crippen LogP contribution in [-0.2, 0) is 19.1 Å². The van der Waals surface area contributed by atoms with Crippen LogP contribution in [0, 0.1) is 16.7 Å². The Morgan fingerprint density at radius 1 is 1.26 bits per heavy atom. The van der Waals surface area contributed by atoms with Crippen LogP contribution in [0.3, 0.4) is 0 Å². The smallest absolute Gasteiger partial charge is 0.340 e. The van der Waals surface area contributed by atoms with E-state index in [9.17, 15) is 9.59 Å². The third-order valence-corrected chi connectivity index (χ3v) is 2.16. The zero-order chi connectivity index (χ0) is 15.1. The van der Waals surface area contributed by atoms with Crippen LogP contribution in [0.2, 0.25) is 0 Å². The van der Waals surface area contributed by atoms with Crippen LogP contribution in [0.4, 0.5) is 0 Å². The van der Waals surface area contributed by atoms with E-state index < -0.39 is 18.0 Å². The molecule has 0 heterocycles. The maximum Gasteiger partial charge on any atom is 0.340 e. The predicted octanol–water partition coefficient (Wildman–Crippen LogP) is 1.13. The van der Waals surface area contributed by atoms with Gasteiger partial charge in [-0.25, -0.2) is 9.59 Å². The quantitative estimate of drug-likeness (QED) is 0.457. The molecule has 0 fully saturated rings. The first-order valence-corrected chi connectivity index (χ1v) is 5.76. The van der Waals surface area contributed by atoms with E-state index in [1.807, 2.05) is 26.8 Å². The van der Waals surface area contributed by atoms with E-state index in [1.54, 1.807) is 0 Å². The fraction of sp³-hybridized carbons (Fsp3) is 0.615. The number of nitrogens with one attached hydrogen (secondary N) is 1. The van der Waals surface area contributed by atoms with Crippen molar-refractivity contribution in [2.45, 2.75) is 33.2 Å². The maximum absolute atomic E-state index is 11.4. The molecule has 1 N–H and O–H groups in total. The lowest BCUT2D eigenvalue weighted by Gasteiger charge is -2.18. The SMILES string of the molecule is COC(=O)C(N/C=C(\C#N)CC(C)(C)C)C(=O)OC. The van der Waals surface area contributed by atoms with E-state index in [1.165, 1.54) is 20.4 Å².